The van der Waals surface area contributed by atoms with E-state index in [2.05, 4.69) is 15.3 Å². The van der Waals surface area contributed by atoms with Gasteiger partial charge < -0.3 is 22.5 Å². The van der Waals surface area contributed by atoms with E-state index in [-0.39, 0.29) is 28.4 Å². The highest BCUT2D eigenvalue weighted by atomic mass is 35.5. The summed E-state index contributed by atoms with van der Waals surface area (Å²) < 4.78 is 0. The molecule has 1 heterocycles. The van der Waals surface area contributed by atoms with E-state index in [0.29, 0.717) is 13.1 Å². The first-order valence-electron chi connectivity index (χ1n) is 8.12. The maximum atomic E-state index is 12.2. The Bertz CT molecular complexity index is 680. The molecule has 0 fully saturated rings. The van der Waals surface area contributed by atoms with Crippen molar-refractivity contribution < 1.29 is 4.79 Å². The molecule has 25 heavy (non-hydrogen) atoms. The Balaban J connectivity index is 0.00000151. The van der Waals surface area contributed by atoms with Gasteiger partial charge >= 0.3 is 0 Å². The SMILES string of the molecule is CC.NCC(CNC(=O)c1nc(Cl)c(N)nc1N)Cc1ccccc1. The van der Waals surface area contributed by atoms with E-state index >= 15 is 0 Å². The molecule has 0 spiro atoms. The highest BCUT2D eigenvalue weighted by molar-refractivity contribution is 6.31. The molecule has 1 unspecified atom stereocenters. The van der Waals surface area contributed by atoms with E-state index < -0.39 is 5.91 Å². The van der Waals surface area contributed by atoms with Gasteiger partial charge in [-0.3, -0.25) is 4.79 Å². The molecular formula is C17H25ClN6O. The van der Waals surface area contributed by atoms with Crippen molar-refractivity contribution in [1.82, 2.24) is 15.3 Å². The summed E-state index contributed by atoms with van der Waals surface area (Å²) in [4.78, 5) is 19.8. The number of nitrogens with zero attached hydrogens (tertiary/aromatic N) is 2. The lowest BCUT2D eigenvalue weighted by atomic mass is 9.99. The molecule has 2 aromatic rings. The van der Waals surface area contributed by atoms with Gasteiger partial charge in [-0.05, 0) is 24.4 Å². The minimum Gasteiger partial charge on any atom is -0.382 e. The maximum absolute atomic E-state index is 12.2. The van der Waals surface area contributed by atoms with Crippen LogP contribution in [-0.2, 0) is 6.42 Å². The highest BCUT2D eigenvalue weighted by Gasteiger charge is 2.17. The van der Waals surface area contributed by atoms with Crippen LogP contribution in [-0.4, -0.2) is 29.0 Å². The predicted octanol–water partition coefficient (Wildman–Crippen LogP) is 1.87. The van der Waals surface area contributed by atoms with Crippen LogP contribution >= 0.6 is 11.6 Å². The number of nitrogens with two attached hydrogens (primary N) is 3. The molecule has 1 aromatic carbocycles. The van der Waals surface area contributed by atoms with Crippen molar-refractivity contribution in [3.8, 4) is 0 Å². The Labute approximate surface area is 153 Å². The van der Waals surface area contributed by atoms with Gasteiger partial charge in [0.05, 0.1) is 0 Å². The minimum atomic E-state index is -0.455. The fraction of sp³-hybridized carbons (Fsp3) is 0.353. The Morgan fingerprint density at radius 3 is 2.40 bits per heavy atom. The molecule has 136 valence electrons. The molecule has 0 saturated carbocycles. The Hall–Kier alpha value is -2.38. The van der Waals surface area contributed by atoms with Gasteiger partial charge in [0.1, 0.15) is 0 Å². The smallest absolute Gasteiger partial charge is 0.273 e. The molecule has 1 amide bonds. The summed E-state index contributed by atoms with van der Waals surface area (Å²) in [6, 6.07) is 9.93. The van der Waals surface area contributed by atoms with Crippen molar-refractivity contribution in [2.75, 3.05) is 24.6 Å². The monoisotopic (exact) mass is 364 g/mol. The second kappa shape index (κ2) is 10.5. The Morgan fingerprint density at radius 1 is 1.16 bits per heavy atom. The van der Waals surface area contributed by atoms with Crippen molar-refractivity contribution in [3.63, 3.8) is 0 Å². The molecule has 0 bridgehead atoms. The van der Waals surface area contributed by atoms with Gasteiger partial charge in [-0.25, -0.2) is 9.97 Å². The maximum Gasteiger partial charge on any atom is 0.273 e. The van der Waals surface area contributed by atoms with Crippen LogP contribution in [0.2, 0.25) is 5.15 Å². The van der Waals surface area contributed by atoms with Crippen LogP contribution in [0.1, 0.15) is 29.9 Å². The summed E-state index contributed by atoms with van der Waals surface area (Å²) in [6.07, 6.45) is 0.765. The van der Waals surface area contributed by atoms with Crippen LogP contribution in [0.4, 0.5) is 11.6 Å². The fourth-order valence-corrected chi connectivity index (χ4v) is 2.24. The number of halogens is 1. The van der Waals surface area contributed by atoms with Gasteiger partial charge in [0, 0.05) is 6.54 Å². The number of nitrogen functional groups attached to an aromatic ring is 2. The number of rotatable bonds is 6. The lowest BCUT2D eigenvalue weighted by Gasteiger charge is -2.16. The molecule has 0 saturated heterocycles. The van der Waals surface area contributed by atoms with Gasteiger partial charge in [-0.2, -0.15) is 0 Å². The van der Waals surface area contributed by atoms with E-state index in [1.807, 2.05) is 44.2 Å². The third-order valence-electron chi connectivity index (χ3n) is 3.37. The molecule has 0 aliphatic rings. The molecule has 1 aromatic heterocycles. The first kappa shape index (κ1) is 20.7. The van der Waals surface area contributed by atoms with E-state index in [4.69, 9.17) is 28.8 Å². The predicted molar refractivity (Wildman–Crippen MR) is 102 cm³/mol. The Morgan fingerprint density at radius 2 is 1.80 bits per heavy atom. The standard InChI is InChI=1S/C15H19ClN6O.C2H6/c16-12-14(19)22-13(18)11(21-12)15(23)20-8-10(7-17)6-9-4-2-1-3-5-9;1-2/h1-5,10H,6-8,17H2,(H,20,23)(H4,18,19,22);1-2H3. The summed E-state index contributed by atoms with van der Waals surface area (Å²) in [5, 5.41) is 2.70. The summed E-state index contributed by atoms with van der Waals surface area (Å²) in [5.74, 6) is -0.426. The van der Waals surface area contributed by atoms with E-state index in [1.165, 1.54) is 0 Å². The molecule has 1 atom stereocenters. The second-order valence-electron chi connectivity index (χ2n) is 5.13. The molecule has 7 N–H and O–H groups in total. The molecular weight excluding hydrogens is 340 g/mol. The zero-order valence-electron chi connectivity index (χ0n) is 14.5. The van der Waals surface area contributed by atoms with Crippen molar-refractivity contribution in [2.24, 2.45) is 11.7 Å². The number of amides is 1. The number of hydrogen-bond acceptors (Lipinski definition) is 6. The van der Waals surface area contributed by atoms with Crippen molar-refractivity contribution in [2.45, 2.75) is 20.3 Å². The van der Waals surface area contributed by atoms with Crippen LogP contribution < -0.4 is 22.5 Å². The van der Waals surface area contributed by atoms with E-state index in [1.54, 1.807) is 0 Å². The number of aromatic nitrogens is 2. The lowest BCUT2D eigenvalue weighted by molar-refractivity contribution is 0.0943. The van der Waals surface area contributed by atoms with E-state index in [0.717, 1.165) is 12.0 Å². The third kappa shape index (κ3) is 6.21. The average Bonchev–Trinajstić information content (AvgIpc) is 2.64. The van der Waals surface area contributed by atoms with Crippen LogP contribution in [0.25, 0.3) is 0 Å². The normalized spacial score (nSPS) is 11.2. The first-order chi connectivity index (χ1) is 12.0. The Kier molecular flexibility index (Phi) is 8.66. The largest absolute Gasteiger partial charge is 0.382 e. The average molecular weight is 365 g/mol. The molecule has 2 rings (SSSR count). The zero-order chi connectivity index (χ0) is 18.8. The molecule has 7 nitrogen and oxygen atoms in total. The fourth-order valence-electron chi connectivity index (χ4n) is 2.12. The highest BCUT2D eigenvalue weighted by Crippen LogP contribution is 2.17. The first-order valence-corrected chi connectivity index (χ1v) is 8.49. The summed E-state index contributed by atoms with van der Waals surface area (Å²) in [6.45, 7) is 4.84. The lowest BCUT2D eigenvalue weighted by Crippen LogP contribution is -2.34. The van der Waals surface area contributed by atoms with Gasteiger partial charge in [-0.15, -0.1) is 0 Å². The van der Waals surface area contributed by atoms with Crippen LogP contribution in [0.15, 0.2) is 30.3 Å². The summed E-state index contributed by atoms with van der Waals surface area (Å²) in [5.41, 5.74) is 18.0. The zero-order valence-corrected chi connectivity index (χ0v) is 15.3. The minimum absolute atomic E-state index is 0.00960. The molecule has 0 radical (unpaired) electrons. The number of carbonyl (C=O) groups is 1. The van der Waals surface area contributed by atoms with Crippen LogP contribution in [0.5, 0.6) is 0 Å². The van der Waals surface area contributed by atoms with Gasteiger partial charge in [0.15, 0.2) is 22.5 Å². The third-order valence-corrected chi connectivity index (χ3v) is 3.65. The van der Waals surface area contributed by atoms with Crippen molar-refractivity contribution in [3.05, 3.63) is 46.7 Å². The molecule has 0 aliphatic heterocycles. The molecule has 0 aliphatic carbocycles. The number of nitrogens with one attached hydrogen (secondary N) is 1. The quantitative estimate of drug-likeness (QED) is 0.618. The van der Waals surface area contributed by atoms with Gasteiger partial charge in [0.2, 0.25) is 0 Å². The van der Waals surface area contributed by atoms with Crippen LogP contribution in [0, 0.1) is 5.92 Å². The second-order valence-corrected chi connectivity index (χ2v) is 5.49. The number of benzene rings is 1. The molecule has 8 heteroatoms. The number of carbonyl (C=O) groups excluding carboxylic acids is 1. The van der Waals surface area contributed by atoms with Gasteiger partial charge in [0.25, 0.3) is 5.91 Å². The topological polar surface area (TPSA) is 133 Å². The summed E-state index contributed by atoms with van der Waals surface area (Å²) >= 11 is 5.77. The van der Waals surface area contributed by atoms with Gasteiger partial charge in [-0.1, -0.05) is 55.8 Å². The van der Waals surface area contributed by atoms with Crippen molar-refractivity contribution >= 4 is 29.1 Å². The van der Waals surface area contributed by atoms with E-state index in [9.17, 15) is 4.79 Å². The number of hydrogen-bond donors (Lipinski definition) is 4. The number of anilines is 2. The summed E-state index contributed by atoms with van der Waals surface area (Å²) in [7, 11) is 0. The van der Waals surface area contributed by atoms with Crippen molar-refractivity contribution in [1.29, 1.82) is 0 Å². The van der Waals surface area contributed by atoms with Crippen LogP contribution in [0.3, 0.4) is 0 Å².